The second-order valence-electron chi connectivity index (χ2n) is 3.71. The molecular formula is C10H5Br3N5PtS-. The van der Waals surface area contributed by atoms with E-state index in [1.807, 2.05) is 24.0 Å². The topological polar surface area (TPSA) is 48.5 Å². The molecule has 0 spiro atoms. The summed E-state index contributed by atoms with van der Waals surface area (Å²) >= 11 is 12.1. The first-order valence-electron chi connectivity index (χ1n) is 5.04. The van der Waals surface area contributed by atoms with Crippen molar-refractivity contribution in [3.63, 3.8) is 0 Å². The summed E-state index contributed by atoms with van der Waals surface area (Å²) in [4.78, 5) is 0. The minimum absolute atomic E-state index is 0. The smallest absolute Gasteiger partial charge is 0.0968 e. The van der Waals surface area contributed by atoms with Crippen LogP contribution in [0.4, 0.5) is 0 Å². The van der Waals surface area contributed by atoms with Crippen molar-refractivity contribution < 1.29 is 21.1 Å². The predicted molar refractivity (Wildman–Crippen MR) is 83.4 cm³/mol. The van der Waals surface area contributed by atoms with Crippen molar-refractivity contribution in [2.45, 2.75) is 0 Å². The molecule has 0 saturated heterocycles. The van der Waals surface area contributed by atoms with Crippen LogP contribution in [-0.4, -0.2) is 24.8 Å². The van der Waals surface area contributed by atoms with E-state index in [9.17, 15) is 0 Å². The molecule has 0 radical (unpaired) electrons. The molecule has 0 N–H and O–H groups in total. The first-order valence-corrected chi connectivity index (χ1v) is 8.23. The van der Waals surface area contributed by atoms with Gasteiger partial charge in [-0.05, 0) is 60.1 Å². The molecule has 0 atom stereocenters. The number of thiophene rings is 1. The number of hydrogen-bond donors (Lipinski definition) is 0. The molecular weight excluding hydrogens is 657 g/mol. The van der Waals surface area contributed by atoms with E-state index in [1.165, 1.54) is 0 Å². The van der Waals surface area contributed by atoms with Crippen LogP contribution < -0.4 is 0 Å². The fourth-order valence-corrected chi connectivity index (χ4v) is 5.42. The van der Waals surface area contributed by atoms with Crippen LogP contribution in [0.15, 0.2) is 24.4 Å². The molecule has 0 aliphatic heterocycles. The van der Waals surface area contributed by atoms with Crippen molar-refractivity contribution in [2.24, 2.45) is 7.05 Å². The van der Waals surface area contributed by atoms with E-state index in [0.29, 0.717) is 5.82 Å². The van der Waals surface area contributed by atoms with Gasteiger partial charge in [0.15, 0.2) is 0 Å². The van der Waals surface area contributed by atoms with Gasteiger partial charge in [0.05, 0.1) is 23.6 Å². The molecule has 3 aromatic heterocycles. The van der Waals surface area contributed by atoms with Gasteiger partial charge in [0.25, 0.3) is 0 Å². The van der Waals surface area contributed by atoms with Gasteiger partial charge >= 0.3 is 0 Å². The summed E-state index contributed by atoms with van der Waals surface area (Å²) in [6.45, 7) is 0. The first-order chi connectivity index (χ1) is 9.08. The van der Waals surface area contributed by atoms with E-state index in [4.69, 9.17) is 0 Å². The van der Waals surface area contributed by atoms with Gasteiger partial charge in [0.1, 0.15) is 0 Å². The number of hydrogen-bond acceptors (Lipinski definition) is 4. The average molecular weight is 662 g/mol. The minimum Gasteiger partial charge on any atom is -0.420 e. The molecule has 10 heteroatoms. The largest absolute Gasteiger partial charge is 0.420 e. The Labute approximate surface area is 158 Å². The van der Waals surface area contributed by atoms with E-state index in [1.54, 1.807) is 16.0 Å². The minimum atomic E-state index is 0. The van der Waals surface area contributed by atoms with Crippen LogP contribution in [0.1, 0.15) is 0 Å². The van der Waals surface area contributed by atoms with Crippen molar-refractivity contribution in [3.8, 4) is 17.1 Å². The molecule has 0 unspecified atom stereocenters. The van der Waals surface area contributed by atoms with Crippen molar-refractivity contribution >= 4 is 59.1 Å². The third kappa shape index (κ3) is 2.88. The van der Waals surface area contributed by atoms with Gasteiger partial charge in [0, 0.05) is 21.1 Å². The summed E-state index contributed by atoms with van der Waals surface area (Å²) in [7, 11) is 1.93. The number of nitrogens with zero attached hydrogens (tertiary/aromatic N) is 5. The standard InChI is InChI=1S/C10H5Br3N5S.Pt/c1-17-3-2-5(4-17)10-14-15-16-18(10)7-6(11)8(12)19-9(7)13;/h3-4H,1H3;/q-1;. The SMILES string of the molecule is Cn1c[c-]c(-c2nnnn2-c2c(Br)sc(Br)c2Br)c1.[Pt]. The third-order valence-corrected chi connectivity index (χ3v) is 6.49. The average Bonchev–Trinajstić information content (AvgIpc) is 3.02. The maximum Gasteiger partial charge on any atom is 0.0968 e. The maximum atomic E-state index is 4.07. The summed E-state index contributed by atoms with van der Waals surface area (Å²) in [5, 5.41) is 11.9. The Bertz CT molecular complexity index is 750. The van der Waals surface area contributed by atoms with Crippen molar-refractivity contribution in [1.82, 2.24) is 24.8 Å². The van der Waals surface area contributed by atoms with Gasteiger partial charge < -0.3 is 4.57 Å². The summed E-state index contributed by atoms with van der Waals surface area (Å²) in [6, 6.07) is 3.12. The number of aryl methyl sites for hydroxylation is 1. The number of tetrazole rings is 1. The Morgan fingerprint density at radius 3 is 2.55 bits per heavy atom. The van der Waals surface area contributed by atoms with Gasteiger partial charge in [-0.25, -0.2) is 4.68 Å². The summed E-state index contributed by atoms with van der Waals surface area (Å²) in [5.41, 5.74) is 1.71. The molecule has 20 heavy (non-hydrogen) atoms. The van der Waals surface area contributed by atoms with Crippen LogP contribution in [0.25, 0.3) is 17.1 Å². The van der Waals surface area contributed by atoms with Crippen LogP contribution in [0, 0.1) is 6.07 Å². The molecule has 0 fully saturated rings. The van der Waals surface area contributed by atoms with E-state index < -0.39 is 0 Å². The van der Waals surface area contributed by atoms with Gasteiger partial charge in [0.2, 0.25) is 0 Å². The summed E-state index contributed by atoms with van der Waals surface area (Å²) < 4.78 is 6.42. The Balaban J connectivity index is 0.00000147. The van der Waals surface area contributed by atoms with E-state index in [0.717, 1.165) is 23.3 Å². The van der Waals surface area contributed by atoms with Crippen LogP contribution in [-0.2, 0) is 28.1 Å². The first kappa shape index (κ1) is 16.5. The molecule has 0 aromatic carbocycles. The van der Waals surface area contributed by atoms with Crippen LogP contribution >= 0.6 is 59.1 Å². The second-order valence-corrected chi connectivity index (χ2v) is 8.16. The molecule has 0 aliphatic rings. The van der Waals surface area contributed by atoms with Gasteiger partial charge in [-0.3, -0.25) is 0 Å². The molecule has 0 bridgehead atoms. The van der Waals surface area contributed by atoms with Gasteiger partial charge in [-0.1, -0.05) is 17.6 Å². The Morgan fingerprint density at radius 1 is 1.25 bits per heavy atom. The Morgan fingerprint density at radius 2 is 2.00 bits per heavy atom. The Kier molecular flexibility index (Phi) is 5.39. The van der Waals surface area contributed by atoms with E-state index in [-0.39, 0.29) is 21.1 Å². The summed E-state index contributed by atoms with van der Waals surface area (Å²) in [5.74, 6) is 0.646. The molecule has 0 aliphatic carbocycles. The molecule has 3 heterocycles. The van der Waals surface area contributed by atoms with Crippen molar-refractivity contribution in [3.05, 3.63) is 30.5 Å². The fraction of sp³-hybridized carbons (Fsp3) is 0.100. The predicted octanol–water partition coefficient (Wildman–Crippen LogP) is 3.81. The summed E-state index contributed by atoms with van der Waals surface area (Å²) in [6.07, 6.45) is 3.76. The quantitative estimate of drug-likeness (QED) is 0.393. The molecule has 0 saturated carbocycles. The molecule has 5 nitrogen and oxygen atoms in total. The van der Waals surface area contributed by atoms with E-state index in [2.05, 4.69) is 69.4 Å². The monoisotopic (exact) mass is 659 g/mol. The molecule has 3 aromatic rings. The number of rotatable bonds is 2. The molecule has 3 rings (SSSR count). The van der Waals surface area contributed by atoms with Gasteiger partial charge in [-0.2, -0.15) is 11.2 Å². The number of aromatic nitrogens is 5. The molecule has 108 valence electrons. The number of halogens is 3. The molecule has 0 amide bonds. The normalized spacial score (nSPS) is 10.6. The fourth-order valence-electron chi connectivity index (χ4n) is 1.60. The van der Waals surface area contributed by atoms with Crippen LogP contribution in [0.3, 0.4) is 0 Å². The second kappa shape index (κ2) is 6.52. The van der Waals surface area contributed by atoms with E-state index >= 15 is 0 Å². The van der Waals surface area contributed by atoms with Crippen molar-refractivity contribution in [1.29, 1.82) is 0 Å². The van der Waals surface area contributed by atoms with Gasteiger partial charge in [-0.15, -0.1) is 16.9 Å². The maximum absolute atomic E-state index is 4.07. The third-order valence-electron chi connectivity index (χ3n) is 2.42. The Hall–Kier alpha value is 0.178. The zero-order chi connectivity index (χ0) is 13.6. The van der Waals surface area contributed by atoms with Crippen molar-refractivity contribution in [2.75, 3.05) is 0 Å². The zero-order valence-electron chi connectivity index (χ0n) is 9.75. The zero-order valence-corrected chi connectivity index (χ0v) is 17.6. The van der Waals surface area contributed by atoms with Crippen LogP contribution in [0.5, 0.6) is 0 Å². The van der Waals surface area contributed by atoms with Crippen LogP contribution in [0.2, 0.25) is 0 Å².